The summed E-state index contributed by atoms with van der Waals surface area (Å²) in [5.74, 6) is -0.193. The van der Waals surface area contributed by atoms with Gasteiger partial charge >= 0.3 is 0 Å². The van der Waals surface area contributed by atoms with Gasteiger partial charge in [0, 0.05) is 24.5 Å². The van der Waals surface area contributed by atoms with E-state index < -0.39 is 17.7 Å². The Morgan fingerprint density at radius 3 is 2.14 bits per heavy atom. The molecule has 1 aliphatic rings. The molecule has 1 N–H and O–H groups in total. The molecule has 3 aromatic carbocycles. The second-order valence-corrected chi connectivity index (χ2v) is 10.0. The fraction of sp³-hybridized carbons (Fsp3) is 0.206. The number of ketones is 1. The van der Waals surface area contributed by atoms with Crippen LogP contribution in [-0.2, 0) is 22.7 Å². The lowest BCUT2D eigenvalue weighted by atomic mass is 9.94. The number of hydrogen-bond acceptors (Lipinski definition) is 8. The smallest absolute Gasteiger partial charge is 0.295 e. The lowest BCUT2D eigenvalue weighted by molar-refractivity contribution is -0.140. The highest BCUT2D eigenvalue weighted by Gasteiger charge is 2.46. The maximum Gasteiger partial charge on any atom is 0.295 e. The zero-order valence-corrected chi connectivity index (χ0v) is 24.4. The lowest BCUT2D eigenvalue weighted by Gasteiger charge is -2.26. The zero-order chi connectivity index (χ0) is 30.5. The van der Waals surface area contributed by atoms with Gasteiger partial charge in [-0.25, -0.2) is 0 Å². The van der Waals surface area contributed by atoms with E-state index >= 15 is 0 Å². The number of aryl methyl sites for hydroxylation is 1. The molecule has 2 heterocycles. The van der Waals surface area contributed by atoms with Gasteiger partial charge in [0.1, 0.15) is 18.1 Å². The minimum atomic E-state index is -0.945. The summed E-state index contributed by atoms with van der Waals surface area (Å²) in [7, 11) is 4.46. The maximum atomic E-state index is 13.6. The number of aliphatic hydroxyl groups is 1. The van der Waals surface area contributed by atoms with Gasteiger partial charge < -0.3 is 29.0 Å². The van der Waals surface area contributed by atoms with Crippen molar-refractivity contribution >= 4 is 17.4 Å². The van der Waals surface area contributed by atoms with Crippen LogP contribution in [0.5, 0.6) is 23.0 Å². The van der Waals surface area contributed by atoms with Gasteiger partial charge in [-0.15, -0.1) is 0 Å². The Labute approximate surface area is 249 Å². The van der Waals surface area contributed by atoms with Crippen molar-refractivity contribution in [3.63, 3.8) is 0 Å². The van der Waals surface area contributed by atoms with Crippen molar-refractivity contribution in [2.45, 2.75) is 26.1 Å². The van der Waals surface area contributed by atoms with E-state index in [1.807, 2.05) is 31.2 Å². The van der Waals surface area contributed by atoms with Crippen LogP contribution in [0.15, 0.2) is 90.8 Å². The molecule has 5 rings (SSSR count). The van der Waals surface area contributed by atoms with E-state index in [4.69, 9.17) is 18.9 Å². The molecule has 0 spiro atoms. The first-order valence-corrected chi connectivity index (χ1v) is 13.6. The number of likely N-dealkylation sites (tertiary alicyclic amines) is 1. The quantitative estimate of drug-likeness (QED) is 0.146. The number of Topliss-reactive ketones (excluding diaryl/α,β-unsaturated/α-hetero) is 1. The molecule has 9 nitrogen and oxygen atoms in total. The van der Waals surface area contributed by atoms with Gasteiger partial charge in [0.05, 0.1) is 32.9 Å². The van der Waals surface area contributed by atoms with Gasteiger partial charge in [0.25, 0.3) is 11.7 Å². The topological polar surface area (TPSA) is 107 Å². The first-order valence-electron chi connectivity index (χ1n) is 13.6. The number of ether oxygens (including phenoxy) is 4. The summed E-state index contributed by atoms with van der Waals surface area (Å²) in [6, 6.07) is 20.7. The van der Waals surface area contributed by atoms with E-state index in [1.165, 1.54) is 26.2 Å². The molecule has 0 saturated carbocycles. The van der Waals surface area contributed by atoms with Crippen LogP contribution in [0.2, 0.25) is 0 Å². The maximum absolute atomic E-state index is 13.6. The molecule has 0 radical (unpaired) electrons. The average Bonchev–Trinajstić information content (AvgIpc) is 3.28. The Kier molecular flexibility index (Phi) is 8.61. The number of pyridine rings is 1. The monoisotopic (exact) mass is 580 g/mol. The van der Waals surface area contributed by atoms with Crippen LogP contribution in [-0.4, -0.2) is 48.0 Å². The van der Waals surface area contributed by atoms with Crippen molar-refractivity contribution in [1.29, 1.82) is 0 Å². The normalized spacial score (nSPS) is 15.8. The Morgan fingerprint density at radius 1 is 0.860 bits per heavy atom. The largest absolute Gasteiger partial charge is 0.507 e. The Bertz CT molecular complexity index is 1640. The van der Waals surface area contributed by atoms with Crippen LogP contribution in [0, 0.1) is 6.92 Å². The van der Waals surface area contributed by atoms with Crippen LogP contribution in [0.1, 0.15) is 33.9 Å². The van der Waals surface area contributed by atoms with Gasteiger partial charge in [-0.2, -0.15) is 0 Å². The SMILES string of the molecule is COc1cc(C2/C(=C(\O)c3ccc(OCc4cccc(C)c4)cc3)C(=O)C(=O)N2Cc2ccncc2)cc(OC)c1OC. The highest BCUT2D eigenvalue weighted by molar-refractivity contribution is 6.46. The molecule has 1 fully saturated rings. The van der Waals surface area contributed by atoms with E-state index in [1.54, 1.807) is 60.9 Å². The predicted molar refractivity (Wildman–Crippen MR) is 160 cm³/mol. The molecule has 43 heavy (non-hydrogen) atoms. The molecule has 1 aliphatic heterocycles. The summed E-state index contributed by atoms with van der Waals surface area (Å²) in [4.78, 5) is 32.5. The van der Waals surface area contributed by atoms with E-state index in [0.717, 1.165) is 16.7 Å². The summed E-state index contributed by atoms with van der Waals surface area (Å²) in [6.45, 7) is 2.51. The Morgan fingerprint density at radius 2 is 1.53 bits per heavy atom. The van der Waals surface area contributed by atoms with E-state index in [0.29, 0.717) is 40.7 Å². The third kappa shape index (κ3) is 6.01. The third-order valence-electron chi connectivity index (χ3n) is 7.26. The predicted octanol–water partition coefficient (Wildman–Crippen LogP) is 5.62. The molecule has 1 amide bonds. The standard InChI is InChI=1S/C34H32N2O7/c1-21-6-5-7-23(16-21)20-43-26-10-8-24(9-11-26)31(37)29-30(25-17-27(40-2)33(42-4)28(18-25)41-3)36(34(39)32(29)38)19-22-12-14-35-15-13-22/h5-18,30,37H,19-20H2,1-4H3/b31-29+. The molecule has 9 heteroatoms. The van der Waals surface area contributed by atoms with Crippen LogP contribution in [0.25, 0.3) is 5.76 Å². The summed E-state index contributed by atoms with van der Waals surface area (Å²) in [6.07, 6.45) is 3.23. The molecule has 1 aromatic heterocycles. The number of carbonyl (C=O) groups is 2. The van der Waals surface area contributed by atoms with E-state index in [9.17, 15) is 14.7 Å². The second-order valence-electron chi connectivity index (χ2n) is 10.0. The number of benzene rings is 3. The molecule has 4 aromatic rings. The number of aliphatic hydroxyl groups excluding tert-OH is 1. The van der Waals surface area contributed by atoms with Gasteiger partial charge in [-0.1, -0.05) is 29.8 Å². The van der Waals surface area contributed by atoms with E-state index in [-0.39, 0.29) is 17.9 Å². The van der Waals surface area contributed by atoms with E-state index in [2.05, 4.69) is 4.98 Å². The van der Waals surface area contributed by atoms with Crippen molar-refractivity contribution < 1.29 is 33.6 Å². The molecule has 1 unspecified atom stereocenters. The van der Waals surface area contributed by atoms with Crippen molar-refractivity contribution in [3.8, 4) is 23.0 Å². The van der Waals surface area contributed by atoms with Gasteiger partial charge in [-0.05, 0) is 72.1 Å². The number of aromatic nitrogens is 1. The zero-order valence-electron chi connectivity index (χ0n) is 24.4. The molecule has 1 saturated heterocycles. The number of hydrogen-bond donors (Lipinski definition) is 1. The first-order chi connectivity index (χ1) is 20.8. The first kappa shape index (κ1) is 29.2. The molecule has 0 bridgehead atoms. The molecule has 1 atom stereocenters. The fourth-order valence-electron chi connectivity index (χ4n) is 5.17. The summed E-state index contributed by atoms with van der Waals surface area (Å²) >= 11 is 0. The highest BCUT2D eigenvalue weighted by atomic mass is 16.5. The van der Waals surface area contributed by atoms with Crippen molar-refractivity contribution in [2.75, 3.05) is 21.3 Å². The van der Waals surface area contributed by atoms with Crippen LogP contribution in [0.3, 0.4) is 0 Å². The molecular formula is C34H32N2O7. The number of methoxy groups -OCH3 is 3. The van der Waals surface area contributed by atoms with Gasteiger partial charge in [-0.3, -0.25) is 14.6 Å². The Balaban J connectivity index is 1.55. The Hall–Kier alpha value is -5.31. The number of carbonyl (C=O) groups excluding carboxylic acids is 2. The van der Waals surface area contributed by atoms with Crippen LogP contribution in [0.4, 0.5) is 0 Å². The highest BCUT2D eigenvalue weighted by Crippen LogP contribution is 2.46. The van der Waals surface area contributed by atoms with Crippen molar-refractivity contribution in [2.24, 2.45) is 0 Å². The molecule has 0 aliphatic carbocycles. The number of amides is 1. The minimum absolute atomic E-state index is 0.0539. The number of nitrogens with zero attached hydrogens (tertiary/aromatic N) is 2. The lowest BCUT2D eigenvalue weighted by Crippen LogP contribution is -2.29. The third-order valence-corrected chi connectivity index (χ3v) is 7.26. The second kappa shape index (κ2) is 12.7. The van der Waals surface area contributed by atoms with Crippen molar-refractivity contribution in [3.05, 3.63) is 119 Å². The summed E-state index contributed by atoms with van der Waals surface area (Å²) in [5, 5.41) is 11.5. The van der Waals surface area contributed by atoms with Gasteiger partial charge in [0.15, 0.2) is 11.5 Å². The summed E-state index contributed by atoms with van der Waals surface area (Å²) < 4.78 is 22.5. The molecular weight excluding hydrogens is 548 g/mol. The molecule has 220 valence electrons. The summed E-state index contributed by atoms with van der Waals surface area (Å²) in [5.41, 5.74) is 3.76. The minimum Gasteiger partial charge on any atom is -0.507 e. The fourth-order valence-corrected chi connectivity index (χ4v) is 5.17. The van der Waals surface area contributed by atoms with Crippen LogP contribution < -0.4 is 18.9 Å². The number of rotatable bonds is 10. The van der Waals surface area contributed by atoms with Gasteiger partial charge in [0.2, 0.25) is 5.75 Å². The average molecular weight is 581 g/mol. The van der Waals surface area contributed by atoms with Crippen molar-refractivity contribution in [1.82, 2.24) is 9.88 Å². The van der Waals surface area contributed by atoms with Crippen LogP contribution >= 0.6 is 0 Å².